The zero-order valence-corrected chi connectivity index (χ0v) is 11.8. The molecule has 0 saturated heterocycles. The molecule has 3 heteroatoms. The van der Waals surface area contributed by atoms with Crippen LogP contribution in [0.25, 0.3) is 0 Å². The molecule has 0 unspecified atom stereocenters. The molecule has 3 rings (SSSR count). The van der Waals surface area contributed by atoms with Gasteiger partial charge in [0.25, 0.3) is 0 Å². The van der Waals surface area contributed by atoms with Crippen LogP contribution < -0.4 is 0 Å². The Bertz CT molecular complexity index is 470. The number of fused-ring (bicyclic) bond motifs is 1. The van der Waals surface area contributed by atoms with Gasteiger partial charge in [0.2, 0.25) is 0 Å². The lowest BCUT2D eigenvalue weighted by atomic mass is 9.90. The number of hydrogen-bond donors (Lipinski definition) is 1. The van der Waals surface area contributed by atoms with Gasteiger partial charge in [0.05, 0.1) is 0 Å². The van der Waals surface area contributed by atoms with E-state index >= 15 is 0 Å². The fourth-order valence-electron chi connectivity index (χ4n) is 3.40. The summed E-state index contributed by atoms with van der Waals surface area (Å²) in [4.78, 5) is 8.31. The average Bonchev–Trinajstić information content (AvgIpc) is 2.77. The smallest absolute Gasteiger partial charge is 0.133 e. The molecule has 1 N–H and O–H groups in total. The maximum absolute atomic E-state index is 5.46. The van der Waals surface area contributed by atoms with Gasteiger partial charge in [-0.2, -0.15) is 0 Å². The summed E-state index contributed by atoms with van der Waals surface area (Å²) >= 11 is 5.46. The van der Waals surface area contributed by atoms with Gasteiger partial charge in [0.1, 0.15) is 10.5 Å². The van der Waals surface area contributed by atoms with Crippen LogP contribution in [-0.4, -0.2) is 9.97 Å². The van der Waals surface area contributed by atoms with Crippen molar-refractivity contribution < 1.29 is 0 Å². The number of nitrogens with one attached hydrogen (secondary N) is 1. The molecule has 2 nitrogen and oxygen atoms in total. The van der Waals surface area contributed by atoms with E-state index in [1.54, 1.807) is 0 Å². The van der Waals surface area contributed by atoms with E-state index < -0.39 is 0 Å². The number of aryl methyl sites for hydroxylation is 1. The van der Waals surface area contributed by atoms with Crippen molar-refractivity contribution in [2.45, 2.75) is 70.1 Å². The van der Waals surface area contributed by atoms with E-state index in [0.717, 1.165) is 11.1 Å². The highest BCUT2D eigenvalue weighted by atomic mass is 32.1. The molecule has 0 aromatic carbocycles. The standard InChI is InChI=1S/C15H22N2S/c18-15-12-9-6-10-13(12)16-14(17-15)11-7-4-2-1-3-5-8-11/h11H,1-10H2,(H,16,17,18). The third-order valence-corrected chi connectivity index (χ3v) is 4.81. The summed E-state index contributed by atoms with van der Waals surface area (Å²) in [5, 5.41) is 0. The quantitative estimate of drug-likeness (QED) is 0.757. The van der Waals surface area contributed by atoms with E-state index in [1.165, 1.54) is 74.9 Å². The third-order valence-electron chi connectivity index (χ3n) is 4.47. The molecule has 0 bridgehead atoms. The summed E-state index contributed by atoms with van der Waals surface area (Å²) in [5.74, 6) is 1.81. The number of aromatic amines is 1. The monoisotopic (exact) mass is 262 g/mol. The van der Waals surface area contributed by atoms with Crippen LogP contribution in [0.5, 0.6) is 0 Å². The van der Waals surface area contributed by atoms with Crippen molar-refractivity contribution in [2.75, 3.05) is 0 Å². The van der Waals surface area contributed by atoms with Crippen LogP contribution >= 0.6 is 12.2 Å². The number of hydrogen-bond acceptors (Lipinski definition) is 2. The number of nitrogens with zero attached hydrogens (tertiary/aromatic N) is 1. The predicted octanol–water partition coefficient (Wildman–Crippen LogP) is 4.46. The van der Waals surface area contributed by atoms with Crippen molar-refractivity contribution in [3.05, 3.63) is 21.7 Å². The number of aromatic nitrogens is 2. The Morgan fingerprint density at radius 3 is 2.44 bits per heavy atom. The Morgan fingerprint density at radius 2 is 1.67 bits per heavy atom. The second-order valence-electron chi connectivity index (χ2n) is 5.78. The summed E-state index contributed by atoms with van der Waals surface area (Å²) in [6, 6.07) is 0. The molecule has 1 saturated carbocycles. The van der Waals surface area contributed by atoms with Crippen molar-refractivity contribution in [1.82, 2.24) is 9.97 Å². The molecule has 0 atom stereocenters. The Kier molecular flexibility index (Phi) is 3.78. The summed E-state index contributed by atoms with van der Waals surface area (Å²) in [6.45, 7) is 0. The molecule has 1 aromatic heterocycles. The second-order valence-corrected chi connectivity index (χ2v) is 6.17. The minimum atomic E-state index is 0.623. The molecule has 0 amide bonds. The molecule has 1 heterocycles. The van der Waals surface area contributed by atoms with Crippen molar-refractivity contribution in [3.8, 4) is 0 Å². The lowest BCUT2D eigenvalue weighted by Gasteiger charge is -2.19. The average molecular weight is 262 g/mol. The molecule has 18 heavy (non-hydrogen) atoms. The van der Waals surface area contributed by atoms with Gasteiger partial charge < -0.3 is 4.98 Å². The zero-order chi connectivity index (χ0) is 12.4. The molecule has 1 aromatic rings. The zero-order valence-electron chi connectivity index (χ0n) is 11.0. The molecule has 1 fully saturated rings. The van der Waals surface area contributed by atoms with Gasteiger partial charge in [0, 0.05) is 17.2 Å². The van der Waals surface area contributed by atoms with Gasteiger partial charge in [-0.15, -0.1) is 0 Å². The van der Waals surface area contributed by atoms with E-state index in [9.17, 15) is 0 Å². The van der Waals surface area contributed by atoms with Crippen molar-refractivity contribution in [3.63, 3.8) is 0 Å². The van der Waals surface area contributed by atoms with Gasteiger partial charge in [0.15, 0.2) is 0 Å². The molecule has 2 aliphatic carbocycles. The van der Waals surface area contributed by atoms with E-state index in [2.05, 4.69) is 4.98 Å². The first-order valence-corrected chi connectivity index (χ1v) is 7.87. The van der Waals surface area contributed by atoms with Crippen molar-refractivity contribution >= 4 is 12.2 Å². The Balaban J connectivity index is 1.86. The molecule has 0 spiro atoms. The first kappa shape index (κ1) is 12.3. The fraction of sp³-hybridized carbons (Fsp3) is 0.733. The Hall–Kier alpha value is -0.700. The highest BCUT2D eigenvalue weighted by Gasteiger charge is 2.20. The predicted molar refractivity (Wildman–Crippen MR) is 76.5 cm³/mol. The van der Waals surface area contributed by atoms with Crippen LogP contribution in [0.2, 0.25) is 0 Å². The van der Waals surface area contributed by atoms with Crippen molar-refractivity contribution in [1.29, 1.82) is 0 Å². The number of H-pyrrole nitrogens is 1. The first-order chi connectivity index (χ1) is 8.84. The molecule has 0 radical (unpaired) electrons. The van der Waals surface area contributed by atoms with Crippen LogP contribution in [0.15, 0.2) is 0 Å². The Labute approximate surface area is 114 Å². The maximum Gasteiger partial charge on any atom is 0.133 e. The van der Waals surface area contributed by atoms with Crippen LogP contribution in [0.4, 0.5) is 0 Å². The lowest BCUT2D eigenvalue weighted by molar-refractivity contribution is 0.441. The topological polar surface area (TPSA) is 28.7 Å². The summed E-state index contributed by atoms with van der Waals surface area (Å²) in [5.41, 5.74) is 2.70. The number of rotatable bonds is 1. The molecular formula is C15H22N2S. The van der Waals surface area contributed by atoms with Gasteiger partial charge in [-0.25, -0.2) is 4.98 Å². The van der Waals surface area contributed by atoms with Gasteiger partial charge >= 0.3 is 0 Å². The first-order valence-electron chi connectivity index (χ1n) is 7.46. The van der Waals surface area contributed by atoms with Gasteiger partial charge in [-0.1, -0.05) is 44.3 Å². The molecular weight excluding hydrogens is 240 g/mol. The highest BCUT2D eigenvalue weighted by molar-refractivity contribution is 7.71. The van der Waals surface area contributed by atoms with Crippen LogP contribution in [-0.2, 0) is 12.8 Å². The summed E-state index contributed by atoms with van der Waals surface area (Å²) < 4.78 is 0.873. The molecule has 0 aliphatic heterocycles. The second kappa shape index (κ2) is 5.52. The third kappa shape index (κ3) is 2.51. The molecule has 98 valence electrons. The van der Waals surface area contributed by atoms with Crippen LogP contribution in [0.1, 0.15) is 74.4 Å². The van der Waals surface area contributed by atoms with E-state index in [0.29, 0.717) is 5.92 Å². The molecule has 2 aliphatic rings. The normalized spacial score (nSPS) is 21.3. The highest BCUT2D eigenvalue weighted by Crippen LogP contribution is 2.30. The fourth-order valence-corrected chi connectivity index (χ4v) is 3.72. The van der Waals surface area contributed by atoms with Gasteiger partial charge in [-0.3, -0.25) is 0 Å². The lowest BCUT2D eigenvalue weighted by Crippen LogP contribution is -2.09. The SMILES string of the molecule is S=c1nc(C2CCCCCCC2)[nH]c2c1CCC2. The van der Waals surface area contributed by atoms with Crippen LogP contribution in [0.3, 0.4) is 0 Å². The Morgan fingerprint density at radius 1 is 0.944 bits per heavy atom. The van der Waals surface area contributed by atoms with E-state index in [-0.39, 0.29) is 0 Å². The van der Waals surface area contributed by atoms with Gasteiger partial charge in [-0.05, 0) is 32.1 Å². The maximum atomic E-state index is 5.46. The largest absolute Gasteiger partial charge is 0.347 e. The van der Waals surface area contributed by atoms with E-state index in [1.807, 2.05) is 0 Å². The minimum Gasteiger partial charge on any atom is -0.347 e. The van der Waals surface area contributed by atoms with E-state index in [4.69, 9.17) is 17.2 Å². The summed E-state index contributed by atoms with van der Waals surface area (Å²) in [6.07, 6.45) is 13.0. The van der Waals surface area contributed by atoms with Crippen molar-refractivity contribution in [2.24, 2.45) is 0 Å². The summed E-state index contributed by atoms with van der Waals surface area (Å²) in [7, 11) is 0. The minimum absolute atomic E-state index is 0.623. The van der Waals surface area contributed by atoms with Crippen LogP contribution in [0, 0.1) is 4.64 Å².